The van der Waals surface area contributed by atoms with Gasteiger partial charge in [0.1, 0.15) is 5.75 Å². The molecule has 0 atom stereocenters. The number of carbonyl (C=O) groups excluding carboxylic acids is 1. The van der Waals surface area contributed by atoms with Crippen LogP contribution in [0.4, 0.5) is 5.69 Å². The molecule has 27 heavy (non-hydrogen) atoms. The van der Waals surface area contributed by atoms with Gasteiger partial charge in [0, 0.05) is 5.69 Å². The number of hydrogen-bond acceptors (Lipinski definition) is 4. The molecule has 8 heteroatoms. The predicted octanol–water partition coefficient (Wildman–Crippen LogP) is 3.82. The van der Waals surface area contributed by atoms with E-state index in [4.69, 9.17) is 16.3 Å². The molecule has 0 unspecified atom stereocenters. The summed E-state index contributed by atoms with van der Waals surface area (Å²) in [6.07, 6.45) is 4.80. The molecular formula is C19H21ClN2O4S. The average Bonchev–Trinajstić information content (AvgIpc) is 3.16. The highest BCUT2D eigenvalue weighted by Gasteiger charge is 2.18. The molecule has 1 aliphatic carbocycles. The van der Waals surface area contributed by atoms with E-state index in [1.54, 1.807) is 24.3 Å². The lowest BCUT2D eigenvalue weighted by atomic mass is 10.2. The van der Waals surface area contributed by atoms with E-state index in [2.05, 4.69) is 10.0 Å². The van der Waals surface area contributed by atoms with Crippen molar-refractivity contribution in [2.75, 3.05) is 12.4 Å². The number of nitrogens with one attached hydrogen (secondary N) is 2. The smallest absolute Gasteiger partial charge is 0.257 e. The molecule has 6 nitrogen and oxygen atoms in total. The van der Waals surface area contributed by atoms with E-state index >= 15 is 0 Å². The molecule has 1 fully saturated rings. The highest BCUT2D eigenvalue weighted by Crippen LogP contribution is 2.26. The van der Waals surface area contributed by atoms with Crippen LogP contribution in [0.1, 0.15) is 36.0 Å². The van der Waals surface area contributed by atoms with Crippen LogP contribution in [0.2, 0.25) is 5.02 Å². The number of carbonyl (C=O) groups is 1. The third-order valence-electron chi connectivity index (χ3n) is 4.48. The van der Waals surface area contributed by atoms with Gasteiger partial charge >= 0.3 is 0 Å². The molecule has 2 aromatic carbocycles. The van der Waals surface area contributed by atoms with Gasteiger partial charge < -0.3 is 10.1 Å². The van der Waals surface area contributed by atoms with Crippen molar-refractivity contribution in [1.29, 1.82) is 0 Å². The van der Waals surface area contributed by atoms with Crippen LogP contribution >= 0.6 is 11.6 Å². The van der Waals surface area contributed by atoms with Crippen LogP contribution in [0.25, 0.3) is 0 Å². The fourth-order valence-corrected chi connectivity index (χ4v) is 3.94. The van der Waals surface area contributed by atoms with Gasteiger partial charge in [-0.05, 0) is 75.2 Å². The van der Waals surface area contributed by atoms with Crippen molar-refractivity contribution in [2.45, 2.75) is 36.7 Å². The van der Waals surface area contributed by atoms with Crippen molar-refractivity contribution in [2.24, 2.45) is 0 Å². The van der Waals surface area contributed by atoms with Crippen LogP contribution < -0.4 is 14.8 Å². The number of ether oxygens (including phenoxy) is 1. The summed E-state index contributed by atoms with van der Waals surface area (Å²) in [4.78, 5) is 12.5. The number of rotatable bonds is 6. The van der Waals surface area contributed by atoms with Crippen molar-refractivity contribution in [3.63, 3.8) is 0 Å². The van der Waals surface area contributed by atoms with E-state index < -0.39 is 15.9 Å². The minimum atomic E-state index is -3.67. The number of halogens is 1. The molecule has 1 saturated carbocycles. The third-order valence-corrected chi connectivity index (χ3v) is 6.22. The first-order valence-corrected chi connectivity index (χ1v) is 10.6. The Hall–Kier alpha value is -2.09. The number of sulfonamides is 1. The van der Waals surface area contributed by atoms with Gasteiger partial charge in [-0.15, -0.1) is 0 Å². The molecule has 0 saturated heterocycles. The molecule has 0 radical (unpaired) electrons. The summed E-state index contributed by atoms with van der Waals surface area (Å²) in [7, 11) is -2.36. The molecular weight excluding hydrogens is 388 g/mol. The first-order chi connectivity index (χ1) is 12.9. The Balaban J connectivity index is 1.72. The van der Waals surface area contributed by atoms with Gasteiger partial charge in [0.25, 0.3) is 5.91 Å². The van der Waals surface area contributed by atoms with E-state index in [0.29, 0.717) is 5.69 Å². The molecule has 2 N–H and O–H groups in total. The normalized spacial score (nSPS) is 14.9. The van der Waals surface area contributed by atoms with Crippen molar-refractivity contribution < 1.29 is 17.9 Å². The fraction of sp³-hybridized carbons (Fsp3) is 0.316. The first-order valence-electron chi connectivity index (χ1n) is 8.70. The van der Waals surface area contributed by atoms with Crippen LogP contribution in [0.15, 0.2) is 47.4 Å². The van der Waals surface area contributed by atoms with E-state index in [9.17, 15) is 13.2 Å². The number of anilines is 1. The number of benzene rings is 2. The third kappa shape index (κ3) is 4.80. The summed E-state index contributed by atoms with van der Waals surface area (Å²) in [5.41, 5.74) is 0.649. The summed E-state index contributed by atoms with van der Waals surface area (Å²) in [5.74, 6) is 0.276. The maximum Gasteiger partial charge on any atom is 0.257 e. The molecule has 3 rings (SSSR count). The van der Waals surface area contributed by atoms with Crippen LogP contribution in [-0.4, -0.2) is 27.5 Å². The van der Waals surface area contributed by atoms with E-state index in [0.717, 1.165) is 18.6 Å². The Bertz CT molecular complexity index is 923. The second-order valence-electron chi connectivity index (χ2n) is 6.35. The van der Waals surface area contributed by atoms with Gasteiger partial charge in [0.05, 0.1) is 21.6 Å². The number of amides is 1. The van der Waals surface area contributed by atoms with Gasteiger partial charge in [-0.1, -0.05) is 11.6 Å². The molecule has 1 aliphatic rings. The van der Waals surface area contributed by atoms with Crippen LogP contribution in [-0.2, 0) is 10.0 Å². The maximum absolute atomic E-state index is 12.5. The molecule has 0 aromatic heterocycles. The molecule has 1 amide bonds. The molecule has 144 valence electrons. The van der Waals surface area contributed by atoms with Crippen LogP contribution in [0.5, 0.6) is 5.75 Å². The van der Waals surface area contributed by atoms with E-state index in [1.165, 1.54) is 38.1 Å². The van der Waals surface area contributed by atoms with E-state index in [1.807, 2.05) is 0 Å². The minimum Gasteiger partial charge on any atom is -0.490 e. The van der Waals surface area contributed by atoms with Gasteiger partial charge in [0.2, 0.25) is 10.0 Å². The van der Waals surface area contributed by atoms with Gasteiger partial charge in [-0.25, -0.2) is 13.1 Å². The maximum atomic E-state index is 12.5. The van der Waals surface area contributed by atoms with Crippen molar-refractivity contribution in [1.82, 2.24) is 4.72 Å². The average molecular weight is 409 g/mol. The van der Waals surface area contributed by atoms with E-state index in [-0.39, 0.29) is 21.6 Å². The lowest BCUT2D eigenvalue weighted by molar-refractivity contribution is 0.102. The Morgan fingerprint density at radius 3 is 2.41 bits per heavy atom. The first kappa shape index (κ1) is 19.7. The Morgan fingerprint density at radius 2 is 1.78 bits per heavy atom. The Labute approximate surface area is 163 Å². The summed E-state index contributed by atoms with van der Waals surface area (Å²) in [5, 5.41) is 2.89. The molecule has 0 heterocycles. The highest BCUT2D eigenvalue weighted by atomic mass is 35.5. The number of hydrogen-bond donors (Lipinski definition) is 2. The van der Waals surface area contributed by atoms with Gasteiger partial charge in [-0.3, -0.25) is 4.79 Å². The molecule has 2 aromatic rings. The Morgan fingerprint density at radius 1 is 1.11 bits per heavy atom. The van der Waals surface area contributed by atoms with Gasteiger partial charge in [0.15, 0.2) is 0 Å². The second kappa shape index (κ2) is 8.29. The topological polar surface area (TPSA) is 84.5 Å². The van der Waals surface area contributed by atoms with Crippen molar-refractivity contribution in [3.05, 3.63) is 53.1 Å². The van der Waals surface area contributed by atoms with Crippen molar-refractivity contribution >= 4 is 33.2 Å². The summed E-state index contributed by atoms with van der Waals surface area (Å²) in [6.45, 7) is 0. The lowest BCUT2D eigenvalue weighted by Gasteiger charge is -2.14. The zero-order valence-electron chi connectivity index (χ0n) is 14.9. The zero-order chi connectivity index (χ0) is 19.4. The molecule has 0 spiro atoms. The summed E-state index contributed by atoms with van der Waals surface area (Å²) < 4.78 is 32.0. The largest absolute Gasteiger partial charge is 0.490 e. The fourth-order valence-electron chi connectivity index (χ4n) is 2.98. The SMILES string of the molecule is CNS(=O)(=O)c1ccc(Cl)c(C(=O)Nc2ccc(OC3CCCC3)cc2)c1. The minimum absolute atomic E-state index is 0.0279. The van der Waals surface area contributed by atoms with Crippen LogP contribution in [0.3, 0.4) is 0 Å². The van der Waals surface area contributed by atoms with Gasteiger partial charge in [-0.2, -0.15) is 0 Å². The zero-order valence-corrected chi connectivity index (χ0v) is 16.4. The summed E-state index contributed by atoms with van der Waals surface area (Å²) >= 11 is 6.07. The molecule has 0 aliphatic heterocycles. The Kier molecular flexibility index (Phi) is 6.04. The second-order valence-corrected chi connectivity index (χ2v) is 8.65. The van der Waals surface area contributed by atoms with Crippen molar-refractivity contribution in [3.8, 4) is 5.75 Å². The standard InChI is InChI=1S/C19H21ClN2O4S/c1-21-27(24,25)16-10-11-18(20)17(12-16)19(23)22-13-6-8-15(9-7-13)26-14-4-2-3-5-14/h6-12,14,21H,2-5H2,1H3,(H,22,23). The lowest BCUT2D eigenvalue weighted by Crippen LogP contribution is -2.20. The molecule has 0 bridgehead atoms. The van der Waals surface area contributed by atoms with Crippen LogP contribution in [0, 0.1) is 0 Å². The predicted molar refractivity (Wildman–Crippen MR) is 105 cm³/mol. The highest BCUT2D eigenvalue weighted by molar-refractivity contribution is 7.89. The monoisotopic (exact) mass is 408 g/mol. The quantitative estimate of drug-likeness (QED) is 0.760. The summed E-state index contributed by atoms with van der Waals surface area (Å²) in [6, 6.07) is 11.1.